The van der Waals surface area contributed by atoms with Gasteiger partial charge in [0.1, 0.15) is 0 Å². The number of likely N-dealkylation sites (N-methyl/N-ethyl adjacent to an activating group) is 1. The van der Waals surface area contributed by atoms with E-state index in [4.69, 9.17) is 4.74 Å². The van der Waals surface area contributed by atoms with Gasteiger partial charge in [-0.1, -0.05) is 47.4 Å². The summed E-state index contributed by atoms with van der Waals surface area (Å²) in [5.41, 5.74) is 3.96. The molecule has 0 atom stereocenters. The first-order valence-corrected chi connectivity index (χ1v) is 18.5. The normalized spacial score (nSPS) is 14.9. The number of carbonyl (C=O) groups excluding carboxylic acids is 1. The Morgan fingerprint density at radius 1 is 1.02 bits per heavy atom. The number of nitrogens with zero attached hydrogens (tertiary/aromatic N) is 5. The Bertz CT molecular complexity index is 2100. The maximum Gasteiger partial charge on any atom is 0.355 e. The molecule has 13 heteroatoms. The molecule has 51 heavy (non-hydrogen) atoms. The molecule has 2 aliphatic rings. The molecular formula is C38H37FN6O4S2. The minimum absolute atomic E-state index is 0.00772. The van der Waals surface area contributed by atoms with Crippen LogP contribution in [0, 0.1) is 17.7 Å². The fourth-order valence-electron chi connectivity index (χ4n) is 6.23. The Morgan fingerprint density at radius 3 is 2.67 bits per heavy atom. The fourth-order valence-corrected chi connectivity index (χ4v) is 8.21. The highest BCUT2D eigenvalue weighted by molar-refractivity contribution is 7.22. The number of amides is 1. The number of aryl methyl sites for hydroxylation is 1. The van der Waals surface area contributed by atoms with Gasteiger partial charge in [0, 0.05) is 55.3 Å². The lowest BCUT2D eigenvalue weighted by atomic mass is 9.94. The summed E-state index contributed by atoms with van der Waals surface area (Å²) in [5.74, 6) is 4.51. The zero-order valence-electron chi connectivity index (χ0n) is 28.2. The Balaban J connectivity index is 0.959. The lowest BCUT2D eigenvalue weighted by Gasteiger charge is -2.30. The third-order valence-corrected chi connectivity index (χ3v) is 11.2. The molecule has 1 amide bonds. The van der Waals surface area contributed by atoms with Crippen molar-refractivity contribution in [1.82, 2.24) is 19.8 Å². The largest absolute Gasteiger partial charge is 0.491 e. The van der Waals surface area contributed by atoms with E-state index in [9.17, 15) is 19.1 Å². The Hall–Kier alpha value is -4.87. The summed E-state index contributed by atoms with van der Waals surface area (Å²) >= 11 is 2.76. The summed E-state index contributed by atoms with van der Waals surface area (Å²) in [6.45, 7) is 5.92. The predicted molar refractivity (Wildman–Crippen MR) is 199 cm³/mol. The van der Waals surface area contributed by atoms with E-state index in [1.165, 1.54) is 28.7 Å². The number of aromatic carboxylic acids is 1. The van der Waals surface area contributed by atoms with Crippen LogP contribution in [-0.2, 0) is 19.4 Å². The number of rotatable bonds is 10. The first-order chi connectivity index (χ1) is 24.8. The molecule has 5 aromatic rings. The first-order valence-electron chi connectivity index (χ1n) is 16.9. The summed E-state index contributed by atoms with van der Waals surface area (Å²) in [7, 11) is 2.11. The molecule has 0 bridgehead atoms. The van der Waals surface area contributed by atoms with Gasteiger partial charge >= 0.3 is 5.97 Å². The maximum atomic E-state index is 14.8. The number of hydrogen-bond acceptors (Lipinski definition) is 10. The van der Waals surface area contributed by atoms with Crippen LogP contribution in [0.3, 0.4) is 0 Å². The van der Waals surface area contributed by atoms with Crippen LogP contribution in [0.5, 0.6) is 5.75 Å². The van der Waals surface area contributed by atoms with Crippen LogP contribution < -0.4 is 15.0 Å². The van der Waals surface area contributed by atoms with Gasteiger partial charge in [-0.05, 0) is 73.8 Å². The van der Waals surface area contributed by atoms with E-state index in [0.717, 1.165) is 47.5 Å². The van der Waals surface area contributed by atoms with Gasteiger partial charge in [0.2, 0.25) is 0 Å². The van der Waals surface area contributed by atoms with Crippen LogP contribution in [0.25, 0.3) is 10.2 Å². The molecular weight excluding hydrogens is 688 g/mol. The van der Waals surface area contributed by atoms with Gasteiger partial charge in [-0.15, -0.1) is 11.3 Å². The summed E-state index contributed by atoms with van der Waals surface area (Å²) < 4.78 is 21.5. The predicted octanol–water partition coefficient (Wildman–Crippen LogP) is 6.02. The summed E-state index contributed by atoms with van der Waals surface area (Å²) in [6.07, 6.45) is 1.58. The molecule has 0 saturated carbocycles. The highest BCUT2D eigenvalue weighted by atomic mass is 32.1. The van der Waals surface area contributed by atoms with E-state index in [1.54, 1.807) is 18.2 Å². The van der Waals surface area contributed by atoms with E-state index in [1.807, 2.05) is 41.3 Å². The third-order valence-electron chi connectivity index (χ3n) is 9.06. The topological polar surface area (TPSA) is 111 Å². The van der Waals surface area contributed by atoms with Crippen LogP contribution in [0.15, 0.2) is 60.7 Å². The second-order valence-corrected chi connectivity index (χ2v) is 14.7. The monoisotopic (exact) mass is 724 g/mol. The summed E-state index contributed by atoms with van der Waals surface area (Å²) in [4.78, 5) is 41.9. The van der Waals surface area contributed by atoms with E-state index in [0.29, 0.717) is 65.2 Å². The highest BCUT2D eigenvalue weighted by Gasteiger charge is 2.27. The van der Waals surface area contributed by atoms with Crippen molar-refractivity contribution >= 4 is 55.0 Å². The fraction of sp³-hybridized carbons (Fsp3) is 0.316. The Morgan fingerprint density at radius 2 is 1.86 bits per heavy atom. The van der Waals surface area contributed by atoms with E-state index >= 15 is 0 Å². The smallest absolute Gasteiger partial charge is 0.355 e. The average molecular weight is 725 g/mol. The minimum Gasteiger partial charge on any atom is -0.491 e. The number of anilines is 2. The number of fused-ring (bicyclic) bond motifs is 2. The van der Waals surface area contributed by atoms with Crippen LogP contribution in [0.4, 0.5) is 14.7 Å². The summed E-state index contributed by atoms with van der Waals surface area (Å²) in [6, 6.07) is 18.2. The van der Waals surface area contributed by atoms with Crippen molar-refractivity contribution in [3.05, 3.63) is 99.3 Å². The molecule has 262 valence electrons. The lowest BCUT2D eigenvalue weighted by Crippen LogP contribution is -2.44. The maximum absolute atomic E-state index is 14.8. The lowest BCUT2D eigenvalue weighted by molar-refractivity contribution is 0.0690. The molecule has 2 aliphatic heterocycles. The number of carbonyl (C=O) groups is 2. The van der Waals surface area contributed by atoms with Crippen molar-refractivity contribution < 1.29 is 23.8 Å². The number of nitrogens with one attached hydrogen (secondary N) is 1. The molecule has 10 nitrogen and oxygen atoms in total. The van der Waals surface area contributed by atoms with Crippen molar-refractivity contribution in [1.29, 1.82) is 0 Å². The van der Waals surface area contributed by atoms with Crippen LogP contribution >= 0.6 is 22.7 Å². The van der Waals surface area contributed by atoms with Gasteiger partial charge in [-0.2, -0.15) is 0 Å². The zero-order chi connectivity index (χ0) is 35.3. The SMILES string of the molecule is CN1CCN(CC#Cc2ccc(OCCCc3sc(N4CCc5cccc(C(=O)Nc6nc7ccccc7s6)c5C4)nc3C(=O)O)c(F)c2)CC1. The van der Waals surface area contributed by atoms with Crippen LogP contribution in [-0.4, -0.2) is 89.7 Å². The number of benzene rings is 3. The molecule has 7 rings (SSSR count). The molecule has 2 aromatic heterocycles. The number of carboxylic acid groups (broad SMARTS) is 1. The second kappa shape index (κ2) is 15.6. The van der Waals surface area contributed by atoms with Crippen molar-refractivity contribution in [3.8, 4) is 17.6 Å². The number of hydrogen-bond donors (Lipinski definition) is 2. The second-order valence-electron chi connectivity index (χ2n) is 12.6. The van der Waals surface area contributed by atoms with Gasteiger partial charge in [-0.25, -0.2) is 19.2 Å². The van der Waals surface area contributed by atoms with Gasteiger partial charge in [0.25, 0.3) is 5.91 Å². The van der Waals surface area contributed by atoms with Crippen LogP contribution in [0.2, 0.25) is 0 Å². The molecule has 2 N–H and O–H groups in total. The number of halogens is 1. The average Bonchev–Trinajstić information content (AvgIpc) is 3.75. The molecule has 1 fully saturated rings. The molecule has 0 unspecified atom stereocenters. The molecule has 4 heterocycles. The zero-order valence-corrected chi connectivity index (χ0v) is 29.8. The first kappa shape index (κ1) is 34.6. The van der Waals surface area contributed by atoms with Gasteiger partial charge in [0.15, 0.2) is 27.5 Å². The third kappa shape index (κ3) is 8.21. The minimum atomic E-state index is -1.10. The highest BCUT2D eigenvalue weighted by Crippen LogP contribution is 2.33. The van der Waals surface area contributed by atoms with E-state index in [2.05, 4.69) is 44.0 Å². The van der Waals surface area contributed by atoms with Gasteiger partial charge in [-0.3, -0.25) is 15.0 Å². The van der Waals surface area contributed by atoms with E-state index < -0.39 is 11.8 Å². The molecule has 0 spiro atoms. The number of thiazole rings is 2. The van der Waals surface area contributed by atoms with Gasteiger partial charge in [0.05, 0.1) is 23.4 Å². The molecule has 0 radical (unpaired) electrons. The van der Waals surface area contributed by atoms with Crippen molar-refractivity contribution in [2.75, 3.05) is 63.1 Å². The van der Waals surface area contributed by atoms with Crippen LogP contribution in [0.1, 0.15) is 48.8 Å². The van der Waals surface area contributed by atoms with E-state index in [-0.39, 0.29) is 24.0 Å². The molecule has 3 aromatic carbocycles. The number of piperazine rings is 1. The summed E-state index contributed by atoms with van der Waals surface area (Å²) in [5, 5.41) is 14.0. The number of carboxylic acids is 1. The Labute approximate surface area is 303 Å². The number of aromatic nitrogens is 2. The van der Waals surface area contributed by atoms with Gasteiger partial charge < -0.3 is 19.6 Å². The van der Waals surface area contributed by atoms with Crippen molar-refractivity contribution in [2.45, 2.75) is 25.8 Å². The van der Waals surface area contributed by atoms with Crippen molar-refractivity contribution in [2.24, 2.45) is 0 Å². The standard InChI is InChI=1S/C38H37FN6O4S2/c1-43-18-20-44(21-19-43)16-5-7-25-13-14-31(29(39)23-25)49-22-6-12-33-34(36(47)48)41-38(51-33)45-17-15-26-8-4-9-27(28(26)24-45)35(46)42-37-40-30-10-2-3-11-32(30)50-37/h2-4,8-11,13-14,23H,6,12,15-22,24H2,1H3,(H,47,48)(H,40,42,46). The van der Waals surface area contributed by atoms with Crippen molar-refractivity contribution in [3.63, 3.8) is 0 Å². The number of para-hydroxylation sites is 1. The number of ether oxygens (including phenoxy) is 1. The Kier molecular flexibility index (Phi) is 10.6. The molecule has 0 aliphatic carbocycles. The quantitative estimate of drug-likeness (QED) is 0.132. The molecule has 1 saturated heterocycles.